The highest BCUT2D eigenvalue weighted by atomic mass is 16.5. The summed E-state index contributed by atoms with van der Waals surface area (Å²) < 4.78 is 16.1. The summed E-state index contributed by atoms with van der Waals surface area (Å²) in [5, 5.41) is 4.99. The van der Waals surface area contributed by atoms with Crippen molar-refractivity contribution < 1.29 is 18.8 Å². The molecule has 1 fully saturated rings. The molecule has 1 saturated carbocycles. The van der Waals surface area contributed by atoms with E-state index in [2.05, 4.69) is 5.16 Å². The van der Waals surface area contributed by atoms with Crippen molar-refractivity contribution in [1.82, 2.24) is 10.1 Å². The summed E-state index contributed by atoms with van der Waals surface area (Å²) in [6.07, 6.45) is 2.27. The van der Waals surface area contributed by atoms with Gasteiger partial charge >= 0.3 is 0 Å². The number of carbonyl (C=O) groups excluding carboxylic acids is 1. The van der Waals surface area contributed by atoms with Gasteiger partial charge in [0.15, 0.2) is 5.58 Å². The Labute approximate surface area is 157 Å². The maximum absolute atomic E-state index is 13.1. The van der Waals surface area contributed by atoms with Crippen LogP contribution in [0.4, 0.5) is 0 Å². The lowest BCUT2D eigenvalue weighted by Gasteiger charge is -2.23. The molecule has 0 atom stereocenters. The van der Waals surface area contributed by atoms with E-state index in [-0.39, 0.29) is 18.4 Å². The Balaban J connectivity index is 1.57. The number of methoxy groups -OCH3 is 2. The summed E-state index contributed by atoms with van der Waals surface area (Å²) in [7, 11) is 3.27. The van der Waals surface area contributed by atoms with E-state index in [1.54, 1.807) is 14.2 Å². The number of hydrogen-bond donors (Lipinski definition) is 0. The van der Waals surface area contributed by atoms with Gasteiger partial charge in [-0.2, -0.15) is 0 Å². The monoisotopic (exact) mass is 366 g/mol. The quantitative estimate of drug-likeness (QED) is 0.639. The number of amides is 1. The first kappa shape index (κ1) is 17.4. The van der Waals surface area contributed by atoms with Crippen LogP contribution in [0.3, 0.4) is 0 Å². The second kappa shape index (κ2) is 7.31. The maximum atomic E-state index is 13.1. The first-order chi connectivity index (χ1) is 13.2. The van der Waals surface area contributed by atoms with E-state index in [0.29, 0.717) is 17.8 Å². The van der Waals surface area contributed by atoms with E-state index >= 15 is 0 Å². The molecule has 0 spiro atoms. The second-order valence-corrected chi connectivity index (χ2v) is 6.73. The molecule has 0 N–H and O–H groups in total. The van der Waals surface area contributed by atoms with Crippen LogP contribution in [0.1, 0.15) is 24.1 Å². The number of hydrogen-bond acceptors (Lipinski definition) is 5. The summed E-state index contributed by atoms with van der Waals surface area (Å²) in [6.45, 7) is 0.486. The highest BCUT2D eigenvalue weighted by Crippen LogP contribution is 2.32. The second-order valence-electron chi connectivity index (χ2n) is 6.73. The third kappa shape index (κ3) is 3.60. The number of aromatic nitrogens is 1. The molecule has 4 rings (SSSR count). The standard InChI is InChI=1S/C21H22N2O4/c1-25-16-9-10-19(26-2)14(11-16)13-23(15-7-8-15)21(24)12-18-17-5-3-4-6-20(17)27-22-18/h3-6,9-11,15H,7-8,12-13H2,1-2H3. The molecule has 6 heteroatoms. The smallest absolute Gasteiger partial charge is 0.229 e. The van der Waals surface area contributed by atoms with Crippen LogP contribution in [0.2, 0.25) is 0 Å². The van der Waals surface area contributed by atoms with E-state index < -0.39 is 0 Å². The summed E-state index contributed by atoms with van der Waals surface area (Å²) >= 11 is 0. The van der Waals surface area contributed by atoms with Crippen molar-refractivity contribution in [3.05, 3.63) is 53.7 Å². The SMILES string of the molecule is COc1ccc(OC)c(CN(C(=O)Cc2noc3ccccc23)C2CC2)c1. The van der Waals surface area contributed by atoms with Gasteiger partial charge in [-0.3, -0.25) is 4.79 Å². The normalized spacial score (nSPS) is 13.6. The molecular weight excluding hydrogens is 344 g/mol. The maximum Gasteiger partial charge on any atom is 0.229 e. The van der Waals surface area contributed by atoms with Crippen LogP contribution in [-0.2, 0) is 17.8 Å². The molecule has 6 nitrogen and oxygen atoms in total. The van der Waals surface area contributed by atoms with Crippen LogP contribution < -0.4 is 9.47 Å². The van der Waals surface area contributed by atoms with Gasteiger partial charge in [-0.15, -0.1) is 0 Å². The third-order valence-electron chi connectivity index (χ3n) is 4.91. The van der Waals surface area contributed by atoms with E-state index in [4.69, 9.17) is 14.0 Å². The number of carbonyl (C=O) groups is 1. The molecular formula is C21H22N2O4. The van der Waals surface area contributed by atoms with Crippen LogP contribution in [0.5, 0.6) is 11.5 Å². The molecule has 0 saturated heterocycles. The number of nitrogens with zero attached hydrogens (tertiary/aromatic N) is 2. The molecule has 2 aromatic carbocycles. The molecule has 0 aliphatic heterocycles. The fraction of sp³-hybridized carbons (Fsp3) is 0.333. The first-order valence-electron chi connectivity index (χ1n) is 9.03. The number of benzene rings is 2. The van der Waals surface area contributed by atoms with Gasteiger partial charge in [0.25, 0.3) is 0 Å². The lowest BCUT2D eigenvalue weighted by molar-refractivity contribution is -0.131. The highest BCUT2D eigenvalue weighted by molar-refractivity contribution is 5.86. The summed E-state index contributed by atoms with van der Waals surface area (Å²) in [5.41, 5.74) is 2.31. The Bertz CT molecular complexity index is 962. The Morgan fingerprint density at radius 1 is 1.19 bits per heavy atom. The first-order valence-corrected chi connectivity index (χ1v) is 9.03. The average molecular weight is 366 g/mol. The summed E-state index contributed by atoms with van der Waals surface area (Å²) in [5.74, 6) is 1.54. The zero-order valence-electron chi connectivity index (χ0n) is 15.5. The lowest BCUT2D eigenvalue weighted by Crippen LogP contribution is -2.34. The van der Waals surface area contributed by atoms with Crippen LogP contribution in [0.15, 0.2) is 47.0 Å². The van der Waals surface area contributed by atoms with Crippen molar-refractivity contribution in [2.75, 3.05) is 14.2 Å². The Morgan fingerprint density at radius 2 is 2.00 bits per heavy atom. The molecule has 140 valence electrons. The van der Waals surface area contributed by atoms with Gasteiger partial charge < -0.3 is 18.9 Å². The Hall–Kier alpha value is -3.02. The fourth-order valence-corrected chi connectivity index (χ4v) is 3.31. The molecule has 0 unspecified atom stereocenters. The van der Waals surface area contributed by atoms with Crippen molar-refractivity contribution in [2.45, 2.75) is 31.8 Å². The van der Waals surface area contributed by atoms with Gasteiger partial charge in [0.1, 0.15) is 17.2 Å². The van der Waals surface area contributed by atoms with Crippen LogP contribution in [-0.4, -0.2) is 36.2 Å². The fourth-order valence-electron chi connectivity index (χ4n) is 3.31. The molecule has 27 heavy (non-hydrogen) atoms. The number of ether oxygens (including phenoxy) is 2. The van der Waals surface area contributed by atoms with Gasteiger partial charge in [0, 0.05) is 23.5 Å². The topological polar surface area (TPSA) is 64.8 Å². The van der Waals surface area contributed by atoms with Crippen LogP contribution >= 0.6 is 0 Å². The predicted molar refractivity (Wildman–Crippen MR) is 101 cm³/mol. The molecule has 1 aliphatic carbocycles. The van der Waals surface area contributed by atoms with Crippen LogP contribution in [0.25, 0.3) is 11.0 Å². The van der Waals surface area contributed by atoms with Gasteiger partial charge in [-0.25, -0.2) is 0 Å². The predicted octanol–water partition coefficient (Wildman–Crippen LogP) is 3.58. The molecule has 0 radical (unpaired) electrons. The molecule has 3 aromatic rings. The van der Waals surface area contributed by atoms with Crippen molar-refractivity contribution in [2.24, 2.45) is 0 Å². The molecule has 1 heterocycles. The van der Waals surface area contributed by atoms with Crippen LogP contribution in [0, 0.1) is 0 Å². The van der Waals surface area contributed by atoms with Gasteiger partial charge in [-0.05, 0) is 43.2 Å². The zero-order chi connectivity index (χ0) is 18.8. The molecule has 1 aliphatic rings. The number of fused-ring (bicyclic) bond motifs is 1. The minimum atomic E-state index is 0.0430. The van der Waals surface area contributed by atoms with Gasteiger partial charge in [0.05, 0.1) is 20.6 Å². The minimum Gasteiger partial charge on any atom is -0.497 e. The summed E-state index contributed by atoms with van der Waals surface area (Å²) in [4.78, 5) is 15.0. The molecule has 0 bridgehead atoms. The van der Waals surface area contributed by atoms with E-state index in [9.17, 15) is 4.79 Å². The lowest BCUT2D eigenvalue weighted by atomic mass is 10.1. The van der Waals surface area contributed by atoms with Gasteiger partial charge in [0.2, 0.25) is 5.91 Å². The van der Waals surface area contributed by atoms with Crippen molar-refractivity contribution in [1.29, 1.82) is 0 Å². The third-order valence-corrected chi connectivity index (χ3v) is 4.91. The van der Waals surface area contributed by atoms with Crippen molar-refractivity contribution in [3.63, 3.8) is 0 Å². The van der Waals surface area contributed by atoms with E-state index in [0.717, 1.165) is 35.3 Å². The average Bonchev–Trinajstić information content (AvgIpc) is 3.47. The Kier molecular flexibility index (Phi) is 4.71. The van der Waals surface area contributed by atoms with Crippen molar-refractivity contribution >= 4 is 16.9 Å². The van der Waals surface area contributed by atoms with E-state index in [1.165, 1.54) is 0 Å². The van der Waals surface area contributed by atoms with E-state index in [1.807, 2.05) is 47.4 Å². The zero-order valence-corrected chi connectivity index (χ0v) is 15.5. The summed E-state index contributed by atoms with van der Waals surface area (Å²) in [6, 6.07) is 13.5. The van der Waals surface area contributed by atoms with Crippen molar-refractivity contribution in [3.8, 4) is 11.5 Å². The highest BCUT2D eigenvalue weighted by Gasteiger charge is 2.33. The molecule has 1 amide bonds. The number of para-hydroxylation sites is 1. The molecule has 1 aromatic heterocycles. The Morgan fingerprint density at radius 3 is 2.74 bits per heavy atom. The number of rotatable bonds is 7. The van der Waals surface area contributed by atoms with Gasteiger partial charge in [-0.1, -0.05) is 17.3 Å². The largest absolute Gasteiger partial charge is 0.497 e. The minimum absolute atomic E-state index is 0.0430.